The van der Waals surface area contributed by atoms with Crippen LogP contribution in [-0.4, -0.2) is 9.55 Å². The molecule has 0 spiro atoms. The Kier molecular flexibility index (Phi) is 3.77. The Morgan fingerprint density at radius 1 is 1.37 bits per heavy atom. The first-order valence-corrected chi connectivity index (χ1v) is 6.88. The fourth-order valence-corrected chi connectivity index (χ4v) is 2.36. The van der Waals surface area contributed by atoms with Crippen molar-refractivity contribution in [2.24, 2.45) is 0 Å². The number of nitrogens with zero attached hydrogens (tertiary/aromatic N) is 3. The predicted molar refractivity (Wildman–Crippen MR) is 80.4 cm³/mol. The molecule has 0 aliphatic rings. The number of hydrogen-bond donors (Lipinski definition) is 0. The van der Waals surface area contributed by atoms with Crippen LogP contribution in [0.4, 0.5) is 5.69 Å². The average molecular weight is 318 g/mol. The molecule has 4 heteroatoms. The minimum atomic E-state index is 0.0154. The van der Waals surface area contributed by atoms with Crippen molar-refractivity contribution >= 4 is 21.6 Å². The largest absolute Gasteiger partial charge is 0.330 e. The summed E-state index contributed by atoms with van der Waals surface area (Å²) >= 11 is 3.38. The molecule has 1 heterocycles. The first-order valence-electron chi connectivity index (χ1n) is 6.09. The number of halogens is 1. The molecule has 0 radical (unpaired) electrons. The van der Waals surface area contributed by atoms with E-state index in [2.05, 4.69) is 51.1 Å². The second-order valence-corrected chi connectivity index (χ2v) is 6.38. The molecule has 2 rings (SSSR count). The fourth-order valence-electron chi connectivity index (χ4n) is 2.02. The molecule has 19 heavy (non-hydrogen) atoms. The maximum Gasteiger partial charge on any atom is 0.201 e. The van der Waals surface area contributed by atoms with Crippen LogP contribution in [0.25, 0.3) is 4.85 Å². The van der Waals surface area contributed by atoms with Crippen molar-refractivity contribution in [3.63, 3.8) is 0 Å². The molecular formula is C15H16BrN3. The van der Waals surface area contributed by atoms with E-state index in [-0.39, 0.29) is 5.41 Å². The normalized spacial score (nSPS) is 11.3. The first-order chi connectivity index (χ1) is 8.91. The van der Waals surface area contributed by atoms with E-state index in [4.69, 9.17) is 6.57 Å². The van der Waals surface area contributed by atoms with Crippen LogP contribution in [0.2, 0.25) is 0 Å². The second kappa shape index (κ2) is 5.18. The molecular weight excluding hydrogens is 302 g/mol. The molecule has 0 amide bonds. The van der Waals surface area contributed by atoms with Gasteiger partial charge in [-0.25, -0.2) is 9.83 Å². The molecule has 1 aromatic heterocycles. The third kappa shape index (κ3) is 3.05. The summed E-state index contributed by atoms with van der Waals surface area (Å²) in [5.74, 6) is 1.06. The fraction of sp³-hybridized carbons (Fsp3) is 0.333. The standard InChI is InChI=1S/C15H16BrN3/c1-15(2,3)14-18-7-8-19(14)10-11-5-6-12(16)13(9-11)17-4/h5-9H,10H2,1-3H3. The number of rotatable bonds is 2. The highest BCUT2D eigenvalue weighted by atomic mass is 79.9. The van der Waals surface area contributed by atoms with E-state index in [1.54, 1.807) is 0 Å². The van der Waals surface area contributed by atoms with Gasteiger partial charge in [-0.05, 0) is 5.56 Å². The summed E-state index contributed by atoms with van der Waals surface area (Å²) in [5.41, 5.74) is 1.77. The molecule has 0 unspecified atom stereocenters. The van der Waals surface area contributed by atoms with Crippen molar-refractivity contribution in [2.45, 2.75) is 32.7 Å². The van der Waals surface area contributed by atoms with Crippen LogP contribution in [0.15, 0.2) is 35.1 Å². The highest BCUT2D eigenvalue weighted by Gasteiger charge is 2.19. The van der Waals surface area contributed by atoms with Crippen LogP contribution in [0.3, 0.4) is 0 Å². The molecule has 0 fully saturated rings. The van der Waals surface area contributed by atoms with Crippen molar-refractivity contribution in [3.05, 3.63) is 57.9 Å². The number of aromatic nitrogens is 2. The van der Waals surface area contributed by atoms with E-state index >= 15 is 0 Å². The lowest BCUT2D eigenvalue weighted by Crippen LogP contribution is -2.19. The van der Waals surface area contributed by atoms with Crippen LogP contribution in [0.1, 0.15) is 32.2 Å². The minimum Gasteiger partial charge on any atom is -0.330 e. The Morgan fingerprint density at radius 3 is 2.74 bits per heavy atom. The quantitative estimate of drug-likeness (QED) is 0.745. The molecule has 0 atom stereocenters. The SMILES string of the molecule is [C-]#[N+]c1cc(Cn2ccnc2C(C)(C)C)ccc1Br. The molecule has 0 aliphatic carbocycles. The smallest absolute Gasteiger partial charge is 0.201 e. The number of imidazole rings is 1. The van der Waals surface area contributed by atoms with E-state index in [0.29, 0.717) is 5.69 Å². The summed E-state index contributed by atoms with van der Waals surface area (Å²) in [6, 6.07) is 5.88. The van der Waals surface area contributed by atoms with Crippen molar-refractivity contribution in [1.29, 1.82) is 0 Å². The molecule has 1 aromatic carbocycles. The Bertz CT molecular complexity index is 630. The molecule has 3 nitrogen and oxygen atoms in total. The Morgan fingerprint density at radius 2 is 2.11 bits per heavy atom. The van der Waals surface area contributed by atoms with E-state index in [1.807, 2.05) is 30.6 Å². The third-order valence-corrected chi connectivity index (χ3v) is 3.54. The van der Waals surface area contributed by atoms with Gasteiger partial charge < -0.3 is 4.57 Å². The topological polar surface area (TPSA) is 22.2 Å². The van der Waals surface area contributed by atoms with E-state index < -0.39 is 0 Å². The summed E-state index contributed by atoms with van der Waals surface area (Å²) in [4.78, 5) is 7.95. The third-order valence-electron chi connectivity index (χ3n) is 2.87. The lowest BCUT2D eigenvalue weighted by Gasteiger charge is -2.20. The predicted octanol–water partition coefficient (Wildman–Crippen LogP) is 4.54. The van der Waals surface area contributed by atoms with Crippen LogP contribution >= 0.6 is 15.9 Å². The molecule has 0 saturated carbocycles. The molecule has 0 N–H and O–H groups in total. The monoisotopic (exact) mass is 317 g/mol. The Labute approximate surface area is 122 Å². The van der Waals surface area contributed by atoms with Gasteiger partial charge in [0.05, 0.1) is 6.57 Å². The summed E-state index contributed by atoms with van der Waals surface area (Å²) < 4.78 is 2.98. The average Bonchev–Trinajstić information content (AvgIpc) is 2.79. The van der Waals surface area contributed by atoms with Crippen molar-refractivity contribution in [2.75, 3.05) is 0 Å². The lowest BCUT2D eigenvalue weighted by molar-refractivity contribution is 0.511. The second-order valence-electron chi connectivity index (χ2n) is 5.53. The Hall–Kier alpha value is -1.60. The molecule has 0 bridgehead atoms. The van der Waals surface area contributed by atoms with Crippen LogP contribution in [0, 0.1) is 6.57 Å². The van der Waals surface area contributed by atoms with Crippen molar-refractivity contribution in [1.82, 2.24) is 9.55 Å². The van der Waals surface area contributed by atoms with Crippen LogP contribution in [-0.2, 0) is 12.0 Å². The molecule has 0 aliphatic heterocycles. The van der Waals surface area contributed by atoms with Gasteiger partial charge in [-0.1, -0.05) is 54.9 Å². The van der Waals surface area contributed by atoms with E-state index in [0.717, 1.165) is 22.4 Å². The minimum absolute atomic E-state index is 0.0154. The zero-order chi connectivity index (χ0) is 14.0. The van der Waals surface area contributed by atoms with Crippen LogP contribution in [0.5, 0.6) is 0 Å². The van der Waals surface area contributed by atoms with Gasteiger partial charge in [0.1, 0.15) is 5.82 Å². The highest BCUT2D eigenvalue weighted by molar-refractivity contribution is 9.10. The highest BCUT2D eigenvalue weighted by Crippen LogP contribution is 2.27. The van der Waals surface area contributed by atoms with Gasteiger partial charge in [0.25, 0.3) is 0 Å². The maximum atomic E-state index is 7.15. The zero-order valence-electron chi connectivity index (χ0n) is 11.3. The van der Waals surface area contributed by atoms with Gasteiger partial charge in [0, 0.05) is 28.8 Å². The van der Waals surface area contributed by atoms with Gasteiger partial charge in [-0.2, -0.15) is 0 Å². The molecule has 0 saturated heterocycles. The van der Waals surface area contributed by atoms with Gasteiger partial charge in [-0.3, -0.25) is 0 Å². The van der Waals surface area contributed by atoms with Gasteiger partial charge >= 0.3 is 0 Å². The lowest BCUT2D eigenvalue weighted by atomic mass is 9.95. The molecule has 98 valence electrons. The van der Waals surface area contributed by atoms with Crippen molar-refractivity contribution in [3.8, 4) is 0 Å². The van der Waals surface area contributed by atoms with E-state index in [1.165, 1.54) is 0 Å². The summed E-state index contributed by atoms with van der Waals surface area (Å²) in [6.45, 7) is 14.3. The van der Waals surface area contributed by atoms with Crippen LogP contribution < -0.4 is 0 Å². The van der Waals surface area contributed by atoms with Gasteiger partial charge in [0.2, 0.25) is 5.69 Å². The first kappa shape index (κ1) is 13.8. The van der Waals surface area contributed by atoms with Gasteiger partial charge in [-0.15, -0.1) is 0 Å². The van der Waals surface area contributed by atoms with E-state index in [9.17, 15) is 0 Å². The number of benzene rings is 1. The molecule has 2 aromatic rings. The summed E-state index contributed by atoms with van der Waals surface area (Å²) in [7, 11) is 0. The van der Waals surface area contributed by atoms with Gasteiger partial charge in [0.15, 0.2) is 0 Å². The Balaban J connectivity index is 2.33. The number of hydrogen-bond acceptors (Lipinski definition) is 1. The zero-order valence-corrected chi connectivity index (χ0v) is 12.9. The summed E-state index contributed by atoms with van der Waals surface area (Å²) in [6.07, 6.45) is 3.81. The maximum absolute atomic E-state index is 7.15. The van der Waals surface area contributed by atoms with Crippen molar-refractivity contribution < 1.29 is 0 Å². The summed E-state index contributed by atoms with van der Waals surface area (Å²) in [5, 5.41) is 0.